The van der Waals surface area contributed by atoms with Gasteiger partial charge in [0.15, 0.2) is 0 Å². The molecule has 1 aromatic heterocycles. The molecule has 2 aromatic rings. The number of aromatic nitrogens is 1. The van der Waals surface area contributed by atoms with Crippen LogP contribution in [0.2, 0.25) is 5.02 Å². The number of hydrogen-bond acceptors (Lipinski definition) is 4. The number of carbonyl (C=O) groups excluding carboxylic acids is 1. The number of ether oxygens (including phenoxy) is 1. The molecule has 2 rings (SSSR count). The minimum absolute atomic E-state index is 0.310. The molecular weight excluding hydrogens is 328 g/mol. The Morgan fingerprint density at radius 2 is 2.12 bits per heavy atom. The summed E-state index contributed by atoms with van der Waals surface area (Å²) in [5.74, 6) is 0.543. The molecule has 0 fully saturated rings. The van der Waals surface area contributed by atoms with Crippen molar-refractivity contribution in [1.29, 1.82) is 0 Å². The molecule has 24 heavy (non-hydrogen) atoms. The highest BCUT2D eigenvalue weighted by molar-refractivity contribution is 6.34. The SMILES string of the molecule is CCOc1cc(CNC(=O)Nc2cccc(Cl)c2N(C)C)ccn1. The molecule has 0 bridgehead atoms. The molecule has 2 N–H and O–H groups in total. The molecule has 1 heterocycles. The van der Waals surface area contributed by atoms with Gasteiger partial charge in [0.2, 0.25) is 5.88 Å². The number of halogens is 1. The fraction of sp³-hybridized carbons (Fsp3) is 0.294. The van der Waals surface area contributed by atoms with Crippen molar-refractivity contribution in [3.8, 4) is 5.88 Å². The maximum absolute atomic E-state index is 12.2. The van der Waals surface area contributed by atoms with Gasteiger partial charge in [0.05, 0.1) is 23.0 Å². The lowest BCUT2D eigenvalue weighted by Gasteiger charge is -2.19. The van der Waals surface area contributed by atoms with Crippen molar-refractivity contribution < 1.29 is 9.53 Å². The van der Waals surface area contributed by atoms with E-state index < -0.39 is 0 Å². The van der Waals surface area contributed by atoms with Crippen molar-refractivity contribution in [3.05, 3.63) is 47.1 Å². The summed E-state index contributed by atoms with van der Waals surface area (Å²) in [7, 11) is 3.74. The average Bonchev–Trinajstić information content (AvgIpc) is 2.53. The second kappa shape index (κ2) is 8.40. The van der Waals surface area contributed by atoms with Crippen molar-refractivity contribution >= 4 is 29.0 Å². The van der Waals surface area contributed by atoms with Gasteiger partial charge in [0.25, 0.3) is 0 Å². The van der Waals surface area contributed by atoms with Gasteiger partial charge < -0.3 is 20.3 Å². The molecule has 6 nitrogen and oxygen atoms in total. The number of carbonyl (C=O) groups is 1. The van der Waals surface area contributed by atoms with Crippen LogP contribution in [0.4, 0.5) is 16.2 Å². The number of nitrogens with one attached hydrogen (secondary N) is 2. The summed E-state index contributed by atoms with van der Waals surface area (Å²) >= 11 is 6.19. The van der Waals surface area contributed by atoms with E-state index in [1.165, 1.54) is 0 Å². The lowest BCUT2D eigenvalue weighted by atomic mass is 10.2. The smallest absolute Gasteiger partial charge is 0.319 e. The molecule has 128 valence electrons. The molecule has 1 aromatic carbocycles. The first-order valence-electron chi connectivity index (χ1n) is 7.59. The summed E-state index contributed by atoms with van der Waals surface area (Å²) in [6.45, 7) is 2.81. The summed E-state index contributed by atoms with van der Waals surface area (Å²) in [6.07, 6.45) is 1.65. The number of anilines is 2. The summed E-state index contributed by atoms with van der Waals surface area (Å²) in [6, 6.07) is 8.70. The number of rotatable bonds is 6. The van der Waals surface area contributed by atoms with E-state index >= 15 is 0 Å². The van der Waals surface area contributed by atoms with Gasteiger partial charge in [0.1, 0.15) is 0 Å². The van der Waals surface area contributed by atoms with Gasteiger partial charge in [-0.2, -0.15) is 0 Å². The Labute approximate surface area is 146 Å². The lowest BCUT2D eigenvalue weighted by molar-refractivity contribution is 0.251. The van der Waals surface area contributed by atoms with Crippen LogP contribution in [0.25, 0.3) is 0 Å². The Hall–Kier alpha value is -2.47. The Bertz CT molecular complexity index is 707. The molecule has 0 radical (unpaired) electrons. The number of hydrogen-bond donors (Lipinski definition) is 2. The minimum atomic E-state index is -0.310. The van der Waals surface area contributed by atoms with E-state index in [-0.39, 0.29) is 6.03 Å². The van der Waals surface area contributed by atoms with Crippen molar-refractivity contribution in [1.82, 2.24) is 10.3 Å². The monoisotopic (exact) mass is 348 g/mol. The fourth-order valence-electron chi connectivity index (χ4n) is 2.21. The molecule has 2 amide bonds. The molecule has 0 spiro atoms. The van der Waals surface area contributed by atoms with E-state index in [0.717, 1.165) is 11.3 Å². The molecule has 0 atom stereocenters. The van der Waals surface area contributed by atoms with Gasteiger partial charge >= 0.3 is 6.03 Å². The molecule has 0 saturated carbocycles. The van der Waals surface area contributed by atoms with Crippen molar-refractivity contribution in [3.63, 3.8) is 0 Å². The van der Waals surface area contributed by atoms with Crippen LogP contribution in [0, 0.1) is 0 Å². The summed E-state index contributed by atoms with van der Waals surface area (Å²) < 4.78 is 5.34. The molecular formula is C17H21ClN4O2. The predicted molar refractivity (Wildman–Crippen MR) is 97.0 cm³/mol. The van der Waals surface area contributed by atoms with Gasteiger partial charge in [-0.15, -0.1) is 0 Å². The van der Waals surface area contributed by atoms with Crippen LogP contribution >= 0.6 is 11.6 Å². The molecule has 0 aliphatic rings. The van der Waals surface area contributed by atoms with Crippen LogP contribution < -0.4 is 20.3 Å². The molecule has 0 aliphatic heterocycles. The first-order valence-corrected chi connectivity index (χ1v) is 7.97. The Morgan fingerprint density at radius 1 is 1.33 bits per heavy atom. The van der Waals surface area contributed by atoms with Gasteiger partial charge in [-0.3, -0.25) is 0 Å². The standard InChI is InChI=1S/C17H21ClN4O2/c1-4-24-15-10-12(8-9-19-15)11-20-17(23)21-14-7-5-6-13(18)16(14)22(2)3/h5-10H,4,11H2,1-3H3,(H2,20,21,23). The maximum Gasteiger partial charge on any atom is 0.319 e. The van der Waals surface area contributed by atoms with Crippen LogP contribution in [0.3, 0.4) is 0 Å². The van der Waals surface area contributed by atoms with E-state index in [1.54, 1.807) is 30.5 Å². The van der Waals surface area contributed by atoms with Crippen LogP contribution in [0.1, 0.15) is 12.5 Å². The highest BCUT2D eigenvalue weighted by Gasteiger charge is 2.11. The zero-order valence-electron chi connectivity index (χ0n) is 14.0. The third-order valence-corrected chi connectivity index (χ3v) is 3.53. The first kappa shape index (κ1) is 17.9. The Balaban J connectivity index is 1.99. The third-order valence-electron chi connectivity index (χ3n) is 3.23. The number of benzene rings is 1. The zero-order chi connectivity index (χ0) is 17.5. The van der Waals surface area contributed by atoms with E-state index in [2.05, 4.69) is 15.6 Å². The van der Waals surface area contributed by atoms with E-state index in [9.17, 15) is 4.79 Å². The number of urea groups is 1. The van der Waals surface area contributed by atoms with Crippen LogP contribution in [-0.4, -0.2) is 31.7 Å². The summed E-state index contributed by atoms with van der Waals surface area (Å²) in [4.78, 5) is 18.1. The molecule has 0 unspecified atom stereocenters. The van der Waals surface area contributed by atoms with E-state index in [0.29, 0.717) is 29.7 Å². The topological polar surface area (TPSA) is 66.5 Å². The third kappa shape index (κ3) is 4.76. The second-order valence-electron chi connectivity index (χ2n) is 5.27. The maximum atomic E-state index is 12.2. The summed E-state index contributed by atoms with van der Waals surface area (Å²) in [5.41, 5.74) is 2.31. The summed E-state index contributed by atoms with van der Waals surface area (Å²) in [5, 5.41) is 6.20. The van der Waals surface area contributed by atoms with Crippen molar-refractivity contribution in [2.24, 2.45) is 0 Å². The molecule has 0 aliphatic carbocycles. The van der Waals surface area contributed by atoms with Gasteiger partial charge in [0, 0.05) is 32.9 Å². The number of para-hydroxylation sites is 1. The van der Waals surface area contributed by atoms with Gasteiger partial charge in [-0.05, 0) is 30.7 Å². The zero-order valence-corrected chi connectivity index (χ0v) is 14.7. The second-order valence-corrected chi connectivity index (χ2v) is 5.68. The van der Waals surface area contributed by atoms with Crippen molar-refractivity contribution in [2.75, 3.05) is 30.9 Å². The number of nitrogens with zero attached hydrogens (tertiary/aromatic N) is 2. The van der Waals surface area contributed by atoms with Crippen molar-refractivity contribution in [2.45, 2.75) is 13.5 Å². The number of pyridine rings is 1. The highest BCUT2D eigenvalue weighted by Crippen LogP contribution is 2.32. The first-order chi connectivity index (χ1) is 11.5. The van der Waals surface area contributed by atoms with Crippen LogP contribution in [-0.2, 0) is 6.54 Å². The minimum Gasteiger partial charge on any atom is -0.478 e. The Morgan fingerprint density at radius 3 is 2.83 bits per heavy atom. The van der Waals surface area contributed by atoms with E-state index in [1.807, 2.05) is 32.0 Å². The number of amides is 2. The Kier molecular flexibility index (Phi) is 6.26. The fourth-order valence-corrected chi connectivity index (χ4v) is 2.55. The van der Waals surface area contributed by atoms with Crippen LogP contribution in [0.15, 0.2) is 36.5 Å². The quantitative estimate of drug-likeness (QED) is 0.838. The molecule has 0 saturated heterocycles. The normalized spacial score (nSPS) is 10.2. The average molecular weight is 349 g/mol. The van der Waals surface area contributed by atoms with Crippen LogP contribution in [0.5, 0.6) is 5.88 Å². The van der Waals surface area contributed by atoms with E-state index in [4.69, 9.17) is 16.3 Å². The highest BCUT2D eigenvalue weighted by atomic mass is 35.5. The lowest BCUT2D eigenvalue weighted by Crippen LogP contribution is -2.29. The van der Waals surface area contributed by atoms with Gasteiger partial charge in [-0.25, -0.2) is 9.78 Å². The van der Waals surface area contributed by atoms with Gasteiger partial charge in [-0.1, -0.05) is 17.7 Å². The largest absolute Gasteiger partial charge is 0.478 e. The predicted octanol–water partition coefficient (Wildman–Crippen LogP) is 3.52. The molecule has 7 heteroatoms.